The molecule has 2 atom stereocenters. The van der Waals surface area contributed by atoms with E-state index in [0.29, 0.717) is 21.5 Å². The lowest BCUT2D eigenvalue weighted by atomic mass is 9.98. The van der Waals surface area contributed by atoms with Crippen LogP contribution in [0, 0.1) is 6.92 Å². The molecule has 0 N–H and O–H groups in total. The Morgan fingerprint density at radius 2 is 1.91 bits per heavy atom. The van der Waals surface area contributed by atoms with Crippen molar-refractivity contribution in [1.82, 2.24) is 9.88 Å². The van der Waals surface area contributed by atoms with Crippen LogP contribution in [0.2, 0.25) is 0 Å². The highest BCUT2D eigenvalue weighted by atomic mass is 79.9. The molecular weight excluding hydrogens is 501 g/mol. The van der Waals surface area contributed by atoms with Gasteiger partial charge in [0.1, 0.15) is 11.9 Å². The van der Waals surface area contributed by atoms with Crippen molar-refractivity contribution < 1.29 is 31.5 Å². The summed E-state index contributed by atoms with van der Waals surface area (Å²) in [5.74, 6) is -2.39. The van der Waals surface area contributed by atoms with E-state index in [2.05, 4.69) is 20.9 Å². The monoisotopic (exact) mass is 519 g/mol. The summed E-state index contributed by atoms with van der Waals surface area (Å²) in [6.07, 6.45) is -6.10. The van der Waals surface area contributed by atoms with Crippen molar-refractivity contribution in [3.63, 3.8) is 0 Å². The number of anilines is 1. The molecule has 1 aromatic heterocycles. The van der Waals surface area contributed by atoms with E-state index >= 15 is 0 Å². The molecule has 0 spiro atoms. The fraction of sp³-hybridized carbons (Fsp3) is 0.429. The van der Waals surface area contributed by atoms with Crippen LogP contribution >= 0.6 is 15.9 Å². The van der Waals surface area contributed by atoms with Crippen LogP contribution in [-0.2, 0) is 17.5 Å². The van der Waals surface area contributed by atoms with Crippen molar-refractivity contribution >= 4 is 27.8 Å². The van der Waals surface area contributed by atoms with E-state index < -0.39 is 49.0 Å². The number of rotatable bonds is 4. The Morgan fingerprint density at radius 1 is 1.22 bits per heavy atom. The van der Waals surface area contributed by atoms with Gasteiger partial charge in [0.05, 0.1) is 36.9 Å². The first-order valence-corrected chi connectivity index (χ1v) is 10.6. The molecular formula is C21H19BrF5N3O2. The summed E-state index contributed by atoms with van der Waals surface area (Å²) in [5, 5.41) is 0. The fourth-order valence-corrected chi connectivity index (χ4v) is 4.24. The maximum Gasteiger partial charge on any atom is 0.416 e. The number of amides is 1. The molecule has 4 rings (SSSR count). The molecule has 3 heterocycles. The highest BCUT2D eigenvalue weighted by Crippen LogP contribution is 2.38. The van der Waals surface area contributed by atoms with Crippen LogP contribution in [0.25, 0.3) is 0 Å². The zero-order chi connectivity index (χ0) is 23.4. The van der Waals surface area contributed by atoms with Crippen molar-refractivity contribution in [2.75, 3.05) is 18.0 Å². The van der Waals surface area contributed by atoms with Crippen molar-refractivity contribution in [1.29, 1.82) is 0 Å². The smallest absolute Gasteiger partial charge is 0.416 e. The van der Waals surface area contributed by atoms with Gasteiger partial charge in [-0.05, 0) is 59.6 Å². The van der Waals surface area contributed by atoms with E-state index in [9.17, 15) is 26.7 Å². The molecule has 2 aliphatic rings. The van der Waals surface area contributed by atoms with Gasteiger partial charge in [0.2, 0.25) is 0 Å². The average Bonchev–Trinajstić information content (AvgIpc) is 2.95. The highest BCUT2D eigenvalue weighted by molar-refractivity contribution is 9.10. The molecule has 1 aromatic carbocycles. The number of pyridine rings is 1. The van der Waals surface area contributed by atoms with Gasteiger partial charge < -0.3 is 9.64 Å². The first kappa shape index (κ1) is 22.8. The van der Waals surface area contributed by atoms with Crippen molar-refractivity contribution in [3.05, 3.63) is 57.2 Å². The number of aryl methyl sites for hydroxylation is 1. The number of ether oxygens (including phenoxy) is 1. The maximum absolute atomic E-state index is 13.2. The van der Waals surface area contributed by atoms with Gasteiger partial charge in [0.15, 0.2) is 0 Å². The Kier molecular flexibility index (Phi) is 5.59. The molecule has 0 aliphatic carbocycles. The molecule has 2 aromatic rings. The minimum atomic E-state index is -4.52. The van der Waals surface area contributed by atoms with E-state index in [1.807, 2.05) is 0 Å². The second-order valence-corrected chi connectivity index (χ2v) is 8.97. The topological polar surface area (TPSA) is 45.7 Å². The van der Waals surface area contributed by atoms with Gasteiger partial charge in [-0.25, -0.2) is 18.6 Å². The SMILES string of the molecule is Cc1cc([C@H]2OC(=O)N(Cc3nc(N4CC(F)(F)C4)ccc3Br)[C@H]2C)cc(C(F)(F)F)c1. The predicted molar refractivity (Wildman–Crippen MR) is 110 cm³/mol. The number of cyclic esters (lactones) is 1. The number of nitrogens with zero attached hydrogens (tertiary/aromatic N) is 3. The molecule has 172 valence electrons. The number of hydrogen-bond acceptors (Lipinski definition) is 4. The summed E-state index contributed by atoms with van der Waals surface area (Å²) in [6.45, 7) is 2.37. The Hall–Kier alpha value is -2.43. The van der Waals surface area contributed by atoms with Gasteiger partial charge in [-0.1, -0.05) is 11.6 Å². The van der Waals surface area contributed by atoms with Crippen LogP contribution < -0.4 is 4.90 Å². The molecule has 2 aliphatic heterocycles. The van der Waals surface area contributed by atoms with Gasteiger partial charge in [-0.15, -0.1) is 0 Å². The van der Waals surface area contributed by atoms with E-state index in [4.69, 9.17) is 4.74 Å². The largest absolute Gasteiger partial charge is 0.439 e. The summed E-state index contributed by atoms with van der Waals surface area (Å²) < 4.78 is 72.0. The molecule has 11 heteroatoms. The molecule has 1 amide bonds. The summed E-state index contributed by atoms with van der Waals surface area (Å²) in [4.78, 5) is 19.7. The number of carbonyl (C=O) groups is 1. The molecule has 0 radical (unpaired) electrons. The van der Waals surface area contributed by atoms with Crippen LogP contribution in [0.3, 0.4) is 0 Å². The van der Waals surface area contributed by atoms with Crippen LogP contribution in [0.5, 0.6) is 0 Å². The molecule has 0 saturated carbocycles. The second kappa shape index (κ2) is 7.86. The predicted octanol–water partition coefficient (Wildman–Crippen LogP) is 5.71. The highest BCUT2D eigenvalue weighted by Gasteiger charge is 2.45. The quantitative estimate of drug-likeness (QED) is 0.485. The summed E-state index contributed by atoms with van der Waals surface area (Å²) in [6, 6.07) is 6.28. The third-order valence-electron chi connectivity index (χ3n) is 5.54. The summed E-state index contributed by atoms with van der Waals surface area (Å²) in [5.41, 5.74) is 0.282. The van der Waals surface area contributed by atoms with Crippen molar-refractivity contribution in [2.24, 2.45) is 0 Å². The minimum absolute atomic E-state index is 0.00704. The Labute approximate surface area is 189 Å². The number of carbonyl (C=O) groups excluding carboxylic acids is 1. The van der Waals surface area contributed by atoms with Crippen LogP contribution in [-0.4, -0.2) is 41.0 Å². The number of aromatic nitrogens is 1. The Morgan fingerprint density at radius 3 is 2.53 bits per heavy atom. The molecule has 5 nitrogen and oxygen atoms in total. The van der Waals surface area contributed by atoms with Gasteiger partial charge in [-0.2, -0.15) is 13.2 Å². The standard InChI is InChI=1S/C21H19BrF5N3O2/c1-11-5-13(7-14(6-11)21(25,26)27)18-12(2)30(19(31)32-18)8-16-15(22)3-4-17(28-16)29-9-20(23,24)10-29/h3-7,12,18H,8-10H2,1-2H3/t12-,18-/m0/s1. The first-order valence-electron chi connectivity index (χ1n) is 9.78. The number of benzene rings is 1. The van der Waals surface area contributed by atoms with Gasteiger partial charge >= 0.3 is 12.3 Å². The zero-order valence-corrected chi connectivity index (χ0v) is 18.7. The third-order valence-corrected chi connectivity index (χ3v) is 6.26. The summed E-state index contributed by atoms with van der Waals surface area (Å²) in [7, 11) is 0. The molecule has 32 heavy (non-hydrogen) atoms. The zero-order valence-electron chi connectivity index (χ0n) is 17.1. The molecule has 2 fully saturated rings. The minimum Gasteiger partial charge on any atom is -0.439 e. The number of hydrogen-bond donors (Lipinski definition) is 0. The van der Waals surface area contributed by atoms with E-state index in [1.54, 1.807) is 32.0 Å². The van der Waals surface area contributed by atoms with Crippen LogP contribution in [0.1, 0.15) is 35.4 Å². The Balaban J connectivity index is 1.56. The maximum atomic E-state index is 13.2. The number of halogens is 6. The van der Waals surface area contributed by atoms with Crippen molar-refractivity contribution in [3.8, 4) is 0 Å². The van der Waals surface area contributed by atoms with Crippen LogP contribution in [0.4, 0.5) is 32.6 Å². The fourth-order valence-electron chi connectivity index (χ4n) is 3.90. The second-order valence-electron chi connectivity index (χ2n) is 8.11. The van der Waals surface area contributed by atoms with E-state index in [-0.39, 0.29) is 12.1 Å². The molecule has 0 unspecified atom stereocenters. The lowest BCUT2D eigenvalue weighted by Crippen LogP contribution is -2.56. The molecule has 0 bridgehead atoms. The van der Waals surface area contributed by atoms with Gasteiger partial charge in [-0.3, -0.25) is 4.90 Å². The van der Waals surface area contributed by atoms with Crippen molar-refractivity contribution in [2.45, 2.75) is 44.6 Å². The summed E-state index contributed by atoms with van der Waals surface area (Å²) >= 11 is 3.36. The lowest BCUT2D eigenvalue weighted by Gasteiger charge is -2.39. The third kappa shape index (κ3) is 4.39. The molecule has 2 saturated heterocycles. The normalized spacial score (nSPS) is 22.7. The lowest BCUT2D eigenvalue weighted by molar-refractivity contribution is -0.137. The number of alkyl halides is 5. The van der Waals surface area contributed by atoms with E-state index in [0.717, 1.165) is 12.1 Å². The average molecular weight is 520 g/mol. The Bertz CT molecular complexity index is 1050. The van der Waals surface area contributed by atoms with Crippen LogP contribution in [0.15, 0.2) is 34.8 Å². The van der Waals surface area contributed by atoms with E-state index in [1.165, 1.54) is 9.80 Å². The van der Waals surface area contributed by atoms with Gasteiger partial charge in [0, 0.05) is 4.47 Å². The van der Waals surface area contributed by atoms with Gasteiger partial charge in [0.25, 0.3) is 5.92 Å². The first-order chi connectivity index (χ1) is 14.8.